The van der Waals surface area contributed by atoms with Gasteiger partial charge in [0.15, 0.2) is 6.61 Å². The van der Waals surface area contributed by atoms with E-state index in [9.17, 15) is 4.79 Å². The summed E-state index contributed by atoms with van der Waals surface area (Å²) in [6, 6.07) is 6.04. The summed E-state index contributed by atoms with van der Waals surface area (Å²) >= 11 is 0. The summed E-state index contributed by atoms with van der Waals surface area (Å²) in [6.45, 7) is 9.15. The van der Waals surface area contributed by atoms with E-state index >= 15 is 0 Å². The number of hydrogen-bond acceptors (Lipinski definition) is 6. The zero-order valence-electron chi connectivity index (χ0n) is 16.4. The summed E-state index contributed by atoms with van der Waals surface area (Å²) in [5.74, 6) is 1.84. The Balaban J connectivity index is 1.61. The minimum atomic E-state index is -0.483. The van der Waals surface area contributed by atoms with Crippen LogP contribution in [0.2, 0.25) is 0 Å². The normalized spacial score (nSPS) is 14.4. The van der Waals surface area contributed by atoms with Gasteiger partial charge in [-0.2, -0.15) is 0 Å². The van der Waals surface area contributed by atoms with E-state index in [1.54, 1.807) is 4.90 Å². The van der Waals surface area contributed by atoms with Crippen LogP contribution in [0.15, 0.2) is 22.6 Å². The summed E-state index contributed by atoms with van der Waals surface area (Å²) in [5.41, 5.74) is 1.95. The third-order valence-electron chi connectivity index (χ3n) is 4.31. The van der Waals surface area contributed by atoms with Crippen LogP contribution in [0.3, 0.4) is 0 Å². The van der Waals surface area contributed by atoms with E-state index in [1.165, 1.54) is 11.1 Å². The van der Waals surface area contributed by atoms with Gasteiger partial charge in [0.25, 0.3) is 5.89 Å². The lowest BCUT2D eigenvalue weighted by Crippen LogP contribution is -2.38. The number of carbonyl (C=O) groups excluding carboxylic acids is 1. The maximum atomic E-state index is 12.3. The Labute approximate surface area is 159 Å². The molecule has 1 aliphatic rings. The number of hydrogen-bond donors (Lipinski definition) is 0. The molecule has 0 spiro atoms. The third kappa shape index (κ3) is 5.21. The molecule has 0 aliphatic carbocycles. The summed E-state index contributed by atoms with van der Waals surface area (Å²) < 4.78 is 16.8. The van der Waals surface area contributed by atoms with Gasteiger partial charge < -0.3 is 18.8 Å². The minimum Gasteiger partial charge on any atom is -0.484 e. The van der Waals surface area contributed by atoms with Gasteiger partial charge in [0.2, 0.25) is 5.89 Å². The van der Waals surface area contributed by atoms with Crippen LogP contribution in [0, 0.1) is 0 Å². The molecule has 0 fully saturated rings. The molecule has 0 N–H and O–H groups in total. The zero-order valence-corrected chi connectivity index (χ0v) is 16.4. The highest BCUT2D eigenvalue weighted by Crippen LogP contribution is 2.23. The van der Waals surface area contributed by atoms with Gasteiger partial charge in [-0.3, -0.25) is 0 Å². The van der Waals surface area contributed by atoms with Crippen molar-refractivity contribution in [2.24, 2.45) is 0 Å². The molecule has 1 aromatic heterocycles. The second-order valence-electron chi connectivity index (χ2n) is 7.63. The van der Waals surface area contributed by atoms with Gasteiger partial charge in [-0.1, -0.05) is 13.0 Å². The highest BCUT2D eigenvalue weighted by molar-refractivity contribution is 5.68. The van der Waals surface area contributed by atoms with Crippen LogP contribution in [-0.4, -0.2) is 39.9 Å². The average Bonchev–Trinajstić information content (AvgIpc) is 2.97. The minimum absolute atomic E-state index is 0.246. The second-order valence-corrected chi connectivity index (χ2v) is 7.63. The Hall–Kier alpha value is -2.57. The molecular formula is C20H27N3O4. The van der Waals surface area contributed by atoms with Gasteiger partial charge >= 0.3 is 6.09 Å². The molecule has 2 heterocycles. The highest BCUT2D eigenvalue weighted by Gasteiger charge is 2.24. The first-order chi connectivity index (χ1) is 12.8. The fourth-order valence-corrected chi connectivity index (χ4v) is 2.94. The Bertz CT molecular complexity index is 795. The predicted octanol–water partition coefficient (Wildman–Crippen LogP) is 3.55. The molecule has 1 aliphatic heterocycles. The summed E-state index contributed by atoms with van der Waals surface area (Å²) in [4.78, 5) is 14.1. The fraction of sp³-hybridized carbons (Fsp3) is 0.550. The summed E-state index contributed by atoms with van der Waals surface area (Å²) in [7, 11) is 0. The van der Waals surface area contributed by atoms with E-state index in [4.69, 9.17) is 13.9 Å². The number of aromatic nitrogens is 2. The van der Waals surface area contributed by atoms with Gasteiger partial charge in [-0.25, -0.2) is 4.79 Å². The van der Waals surface area contributed by atoms with Gasteiger partial charge in [0, 0.05) is 19.5 Å². The van der Waals surface area contributed by atoms with Gasteiger partial charge in [0.05, 0.1) is 0 Å². The lowest BCUT2D eigenvalue weighted by Gasteiger charge is -2.26. The number of carbonyl (C=O) groups is 1. The van der Waals surface area contributed by atoms with E-state index in [-0.39, 0.29) is 12.7 Å². The number of rotatable bonds is 4. The van der Waals surface area contributed by atoms with Crippen molar-refractivity contribution in [2.45, 2.75) is 59.2 Å². The SMILES string of the molecule is CCc1nnc(COc2ccc3c(c2)CCN(C(=O)OC(C)(C)C)CC3)o1. The molecule has 0 atom stereocenters. The van der Waals surface area contributed by atoms with E-state index in [1.807, 2.05) is 39.8 Å². The quantitative estimate of drug-likeness (QED) is 0.816. The Morgan fingerprint density at radius 3 is 2.52 bits per heavy atom. The molecule has 2 aromatic rings. The van der Waals surface area contributed by atoms with Crippen LogP contribution in [0.25, 0.3) is 0 Å². The topological polar surface area (TPSA) is 77.7 Å². The average molecular weight is 373 g/mol. The number of benzene rings is 1. The predicted molar refractivity (Wildman–Crippen MR) is 99.7 cm³/mol. The van der Waals surface area contributed by atoms with Crippen LogP contribution < -0.4 is 4.74 Å². The molecule has 0 radical (unpaired) electrons. The molecular weight excluding hydrogens is 346 g/mol. The number of ether oxygens (including phenoxy) is 2. The summed E-state index contributed by atoms with van der Waals surface area (Å²) in [6.07, 6.45) is 2.03. The van der Waals surface area contributed by atoms with Crippen LogP contribution in [0.5, 0.6) is 5.75 Å². The molecule has 0 saturated heterocycles. The van der Waals surface area contributed by atoms with Gasteiger partial charge in [-0.15, -0.1) is 10.2 Å². The first kappa shape index (κ1) is 19.2. The van der Waals surface area contributed by atoms with E-state index in [2.05, 4.69) is 16.3 Å². The Kier molecular flexibility index (Phi) is 5.68. The molecule has 3 rings (SSSR count). The Morgan fingerprint density at radius 2 is 1.85 bits per heavy atom. The lowest BCUT2D eigenvalue weighted by molar-refractivity contribution is 0.0258. The maximum Gasteiger partial charge on any atom is 0.410 e. The number of amides is 1. The smallest absolute Gasteiger partial charge is 0.410 e. The van der Waals surface area contributed by atoms with Crippen molar-refractivity contribution in [3.05, 3.63) is 41.1 Å². The second kappa shape index (κ2) is 7.98. The number of aryl methyl sites for hydroxylation is 1. The molecule has 0 saturated carbocycles. The van der Waals surface area contributed by atoms with Crippen molar-refractivity contribution < 1.29 is 18.7 Å². The van der Waals surface area contributed by atoms with Crippen molar-refractivity contribution in [1.29, 1.82) is 0 Å². The first-order valence-corrected chi connectivity index (χ1v) is 9.38. The molecule has 27 heavy (non-hydrogen) atoms. The third-order valence-corrected chi connectivity index (χ3v) is 4.31. The van der Waals surface area contributed by atoms with Crippen LogP contribution in [0.4, 0.5) is 4.79 Å². The molecule has 0 unspecified atom stereocenters. The van der Waals surface area contributed by atoms with Crippen LogP contribution in [0.1, 0.15) is 50.6 Å². The highest BCUT2D eigenvalue weighted by atomic mass is 16.6. The molecule has 7 nitrogen and oxygen atoms in total. The summed E-state index contributed by atoms with van der Waals surface area (Å²) in [5, 5.41) is 7.90. The maximum absolute atomic E-state index is 12.3. The van der Waals surface area contributed by atoms with Crippen molar-refractivity contribution in [2.75, 3.05) is 13.1 Å². The van der Waals surface area contributed by atoms with Crippen LogP contribution in [-0.2, 0) is 30.6 Å². The molecule has 1 amide bonds. The fourth-order valence-electron chi connectivity index (χ4n) is 2.94. The molecule has 7 heteroatoms. The molecule has 1 aromatic carbocycles. The zero-order chi connectivity index (χ0) is 19.4. The number of nitrogens with zero attached hydrogens (tertiary/aromatic N) is 3. The van der Waals surface area contributed by atoms with E-state index in [0.29, 0.717) is 31.3 Å². The van der Waals surface area contributed by atoms with Crippen LogP contribution >= 0.6 is 0 Å². The van der Waals surface area contributed by atoms with Crippen molar-refractivity contribution in [3.63, 3.8) is 0 Å². The number of fused-ring (bicyclic) bond motifs is 1. The first-order valence-electron chi connectivity index (χ1n) is 9.38. The van der Waals surface area contributed by atoms with Gasteiger partial charge in [-0.05, 0) is 56.9 Å². The monoisotopic (exact) mass is 373 g/mol. The van der Waals surface area contributed by atoms with Crippen molar-refractivity contribution in [3.8, 4) is 5.75 Å². The lowest BCUT2D eigenvalue weighted by atomic mass is 10.0. The largest absolute Gasteiger partial charge is 0.484 e. The van der Waals surface area contributed by atoms with E-state index in [0.717, 1.165) is 18.6 Å². The van der Waals surface area contributed by atoms with Crippen molar-refractivity contribution in [1.82, 2.24) is 15.1 Å². The van der Waals surface area contributed by atoms with E-state index < -0.39 is 5.60 Å². The molecule has 146 valence electrons. The van der Waals surface area contributed by atoms with Crippen molar-refractivity contribution >= 4 is 6.09 Å². The standard InChI is InChI=1S/C20H27N3O4/c1-5-17-21-22-18(26-17)13-25-16-7-6-14-8-10-23(11-9-15(14)12-16)19(24)27-20(2,3)4/h6-7,12H,5,8-11,13H2,1-4H3. The van der Waals surface area contributed by atoms with Gasteiger partial charge in [0.1, 0.15) is 11.4 Å². The molecule has 0 bridgehead atoms. The Morgan fingerprint density at radius 1 is 1.15 bits per heavy atom.